The molecule has 0 aliphatic rings. The van der Waals surface area contributed by atoms with Crippen molar-refractivity contribution in [2.24, 2.45) is 0 Å². The molecule has 140 valence electrons. The summed E-state index contributed by atoms with van der Waals surface area (Å²) in [7, 11) is 0. The van der Waals surface area contributed by atoms with Crippen LogP contribution in [0.2, 0.25) is 5.02 Å². The Kier molecular flexibility index (Phi) is 4.89. The van der Waals surface area contributed by atoms with Crippen molar-refractivity contribution in [3.8, 4) is 22.2 Å². The van der Waals surface area contributed by atoms with Crippen LogP contribution in [0.1, 0.15) is 10.4 Å². The van der Waals surface area contributed by atoms with Gasteiger partial charge in [-0.1, -0.05) is 28.9 Å². The van der Waals surface area contributed by atoms with Gasteiger partial charge in [0.15, 0.2) is 0 Å². The van der Waals surface area contributed by atoms with Gasteiger partial charge in [-0.2, -0.15) is 4.98 Å². The Morgan fingerprint density at radius 2 is 2.00 bits per heavy atom. The third-order valence-electron chi connectivity index (χ3n) is 3.80. The molecule has 0 unspecified atom stereocenters. The summed E-state index contributed by atoms with van der Waals surface area (Å²) in [5, 5.41) is 8.18. The number of anilines is 1. The van der Waals surface area contributed by atoms with Crippen LogP contribution < -0.4 is 5.32 Å². The van der Waals surface area contributed by atoms with Crippen molar-refractivity contribution in [3.05, 3.63) is 76.1 Å². The van der Waals surface area contributed by atoms with Crippen molar-refractivity contribution in [1.29, 1.82) is 0 Å². The highest BCUT2D eigenvalue weighted by atomic mass is 35.5. The van der Waals surface area contributed by atoms with Gasteiger partial charge in [0.1, 0.15) is 16.5 Å². The van der Waals surface area contributed by atoms with Crippen LogP contribution in [0.25, 0.3) is 22.2 Å². The van der Waals surface area contributed by atoms with E-state index in [0.717, 1.165) is 6.07 Å². The molecule has 1 amide bonds. The van der Waals surface area contributed by atoms with Gasteiger partial charge in [-0.25, -0.2) is 8.78 Å². The number of carbonyl (C=O) groups is 1. The molecule has 0 spiro atoms. The van der Waals surface area contributed by atoms with Crippen molar-refractivity contribution in [2.45, 2.75) is 0 Å². The highest BCUT2D eigenvalue weighted by Crippen LogP contribution is 2.34. The van der Waals surface area contributed by atoms with E-state index in [1.807, 2.05) is 0 Å². The molecule has 5 nitrogen and oxygen atoms in total. The molecule has 0 saturated carbocycles. The molecule has 2 aromatic heterocycles. The van der Waals surface area contributed by atoms with E-state index in [2.05, 4.69) is 15.5 Å². The number of benzene rings is 2. The van der Waals surface area contributed by atoms with Crippen LogP contribution in [0.15, 0.2) is 58.4 Å². The van der Waals surface area contributed by atoms with Crippen LogP contribution >= 0.6 is 22.9 Å². The predicted octanol–water partition coefficient (Wildman–Crippen LogP) is 5.65. The molecule has 4 rings (SSSR count). The molecule has 1 N–H and O–H groups in total. The lowest BCUT2D eigenvalue weighted by Crippen LogP contribution is -2.12. The lowest BCUT2D eigenvalue weighted by Gasteiger charge is -2.05. The van der Waals surface area contributed by atoms with E-state index in [1.165, 1.54) is 35.6 Å². The predicted molar refractivity (Wildman–Crippen MR) is 102 cm³/mol. The molecule has 0 bridgehead atoms. The molecule has 0 aliphatic heterocycles. The van der Waals surface area contributed by atoms with Crippen LogP contribution in [0.5, 0.6) is 0 Å². The monoisotopic (exact) mass is 417 g/mol. The normalized spacial score (nSPS) is 10.8. The van der Waals surface area contributed by atoms with Gasteiger partial charge in [-0.3, -0.25) is 4.79 Å². The quantitative estimate of drug-likeness (QED) is 0.466. The Morgan fingerprint density at radius 3 is 2.79 bits per heavy atom. The largest absolute Gasteiger partial charge is 0.333 e. The molecular formula is C19H10ClF2N3O2S. The third-order valence-corrected chi connectivity index (χ3v) is 4.99. The van der Waals surface area contributed by atoms with Crippen LogP contribution in [-0.4, -0.2) is 16.0 Å². The number of hydrogen-bond acceptors (Lipinski definition) is 5. The third kappa shape index (κ3) is 3.64. The van der Waals surface area contributed by atoms with E-state index in [4.69, 9.17) is 16.1 Å². The first-order valence-electron chi connectivity index (χ1n) is 7.95. The minimum absolute atomic E-state index is 0.144. The maximum Gasteiger partial charge on any atom is 0.270 e. The number of rotatable bonds is 4. The van der Waals surface area contributed by atoms with Gasteiger partial charge in [0, 0.05) is 11.1 Å². The number of aromatic nitrogens is 2. The van der Waals surface area contributed by atoms with E-state index in [1.54, 1.807) is 23.6 Å². The SMILES string of the molecule is O=C(Nc1ccsc1-c1nc(-c2cccc(F)c2)no1)c1ccc(F)c(Cl)c1. The molecule has 28 heavy (non-hydrogen) atoms. The number of halogens is 3. The Morgan fingerprint density at radius 1 is 1.14 bits per heavy atom. The topological polar surface area (TPSA) is 68.0 Å². The van der Waals surface area contributed by atoms with Gasteiger partial charge in [-0.05, 0) is 41.8 Å². The molecule has 0 fully saturated rings. The van der Waals surface area contributed by atoms with Crippen LogP contribution in [0, 0.1) is 11.6 Å². The first-order chi connectivity index (χ1) is 13.5. The minimum Gasteiger partial charge on any atom is -0.333 e. The Bertz CT molecular complexity index is 1180. The molecule has 9 heteroatoms. The Balaban J connectivity index is 1.59. The first-order valence-corrected chi connectivity index (χ1v) is 9.21. The Labute approximate surface area is 166 Å². The average molecular weight is 418 g/mol. The molecule has 0 aliphatic carbocycles. The van der Waals surface area contributed by atoms with Crippen LogP contribution in [0.3, 0.4) is 0 Å². The van der Waals surface area contributed by atoms with Gasteiger partial charge in [0.05, 0.1) is 10.7 Å². The lowest BCUT2D eigenvalue weighted by atomic mass is 10.2. The summed E-state index contributed by atoms with van der Waals surface area (Å²) in [5.41, 5.74) is 1.12. The number of carbonyl (C=O) groups excluding carboxylic acids is 1. The fourth-order valence-electron chi connectivity index (χ4n) is 2.47. The summed E-state index contributed by atoms with van der Waals surface area (Å²) in [5.74, 6) is -1.07. The lowest BCUT2D eigenvalue weighted by molar-refractivity contribution is 0.102. The van der Waals surface area contributed by atoms with Crippen LogP contribution in [-0.2, 0) is 0 Å². The molecule has 0 radical (unpaired) electrons. The first kappa shape index (κ1) is 18.3. The number of thiophene rings is 1. The fraction of sp³-hybridized carbons (Fsp3) is 0. The number of nitrogens with zero attached hydrogens (tertiary/aromatic N) is 2. The van der Waals surface area contributed by atoms with E-state index in [0.29, 0.717) is 16.1 Å². The zero-order chi connectivity index (χ0) is 19.7. The molecule has 2 heterocycles. The van der Waals surface area contributed by atoms with Crippen LogP contribution in [0.4, 0.5) is 14.5 Å². The highest BCUT2D eigenvalue weighted by Gasteiger charge is 2.18. The maximum atomic E-state index is 13.4. The van der Waals surface area contributed by atoms with E-state index in [9.17, 15) is 13.6 Å². The van der Waals surface area contributed by atoms with Crippen molar-refractivity contribution >= 4 is 34.5 Å². The molecule has 2 aromatic carbocycles. The van der Waals surface area contributed by atoms with E-state index in [-0.39, 0.29) is 22.3 Å². The molecular weight excluding hydrogens is 408 g/mol. The van der Waals surface area contributed by atoms with Crippen molar-refractivity contribution < 1.29 is 18.1 Å². The molecule has 0 saturated heterocycles. The van der Waals surface area contributed by atoms with Crippen molar-refractivity contribution in [1.82, 2.24) is 10.1 Å². The molecule has 0 atom stereocenters. The van der Waals surface area contributed by atoms with Crippen molar-refractivity contribution in [3.63, 3.8) is 0 Å². The average Bonchev–Trinajstić information content (AvgIpc) is 3.33. The molecule has 4 aromatic rings. The summed E-state index contributed by atoms with van der Waals surface area (Å²) in [4.78, 5) is 17.2. The fourth-order valence-corrected chi connectivity index (χ4v) is 3.42. The van der Waals surface area contributed by atoms with Crippen molar-refractivity contribution in [2.75, 3.05) is 5.32 Å². The summed E-state index contributed by atoms with van der Waals surface area (Å²) >= 11 is 7.01. The van der Waals surface area contributed by atoms with Gasteiger partial charge < -0.3 is 9.84 Å². The van der Waals surface area contributed by atoms with E-state index >= 15 is 0 Å². The second-order valence-electron chi connectivity index (χ2n) is 5.68. The van der Waals surface area contributed by atoms with E-state index < -0.39 is 17.5 Å². The second-order valence-corrected chi connectivity index (χ2v) is 7.00. The minimum atomic E-state index is -0.606. The zero-order valence-corrected chi connectivity index (χ0v) is 15.5. The van der Waals surface area contributed by atoms with Gasteiger partial charge >= 0.3 is 0 Å². The van der Waals surface area contributed by atoms with Gasteiger partial charge in [-0.15, -0.1) is 11.3 Å². The number of amides is 1. The van der Waals surface area contributed by atoms with Gasteiger partial charge in [0.25, 0.3) is 11.8 Å². The number of nitrogens with one attached hydrogen (secondary N) is 1. The zero-order valence-electron chi connectivity index (χ0n) is 13.9. The van der Waals surface area contributed by atoms with Gasteiger partial charge in [0.2, 0.25) is 5.82 Å². The summed E-state index contributed by atoms with van der Waals surface area (Å²) in [6, 6.07) is 11.2. The highest BCUT2D eigenvalue weighted by molar-refractivity contribution is 7.14. The number of hydrogen-bond donors (Lipinski definition) is 1. The second kappa shape index (κ2) is 7.49. The summed E-state index contributed by atoms with van der Waals surface area (Å²) < 4.78 is 31.9. The summed E-state index contributed by atoms with van der Waals surface area (Å²) in [6.07, 6.45) is 0. The smallest absolute Gasteiger partial charge is 0.270 e. The maximum absolute atomic E-state index is 13.4. The standard InChI is InChI=1S/C19H10ClF2N3O2S/c20-13-9-11(4-5-14(13)22)18(26)23-15-6-7-28-16(15)19-24-17(25-27-19)10-2-1-3-12(21)8-10/h1-9H,(H,23,26). The Hall–Kier alpha value is -3.10. The summed E-state index contributed by atoms with van der Waals surface area (Å²) in [6.45, 7) is 0.